The molecule has 1 heterocycles. The van der Waals surface area contributed by atoms with Crippen LogP contribution in [0.5, 0.6) is 0 Å². The van der Waals surface area contributed by atoms with Crippen molar-refractivity contribution in [3.8, 4) is 0 Å². The van der Waals surface area contributed by atoms with E-state index < -0.39 is 5.54 Å². The normalized spacial score (nSPS) is 26.6. The number of benzene rings is 3. The van der Waals surface area contributed by atoms with E-state index in [4.69, 9.17) is 0 Å². The van der Waals surface area contributed by atoms with E-state index in [1.54, 1.807) is 0 Å². The Morgan fingerprint density at radius 3 is 1.71 bits per heavy atom. The summed E-state index contributed by atoms with van der Waals surface area (Å²) >= 11 is 0. The van der Waals surface area contributed by atoms with Gasteiger partial charge in [0.05, 0.1) is 11.2 Å². The molecule has 0 bridgehead atoms. The van der Waals surface area contributed by atoms with E-state index >= 15 is 0 Å². The second kappa shape index (κ2) is 11.5. The van der Waals surface area contributed by atoms with Crippen LogP contribution in [-0.4, -0.2) is 53.9 Å². The summed E-state index contributed by atoms with van der Waals surface area (Å²) < 4.78 is 2.18. The molecule has 0 atom stereocenters. The third-order valence-electron chi connectivity index (χ3n) is 11.1. The Labute approximate surface area is 252 Å². The number of likely N-dealkylation sites (N-methyl/N-ethyl adjacent to an activating group) is 1. The van der Waals surface area contributed by atoms with Gasteiger partial charge in [0.25, 0.3) is 0 Å². The second-order valence-electron chi connectivity index (χ2n) is 13.4. The van der Waals surface area contributed by atoms with Crippen LogP contribution in [0, 0.1) is 0 Å². The maximum atomic E-state index is 14.6. The van der Waals surface area contributed by atoms with Crippen LogP contribution >= 0.6 is 0 Å². The van der Waals surface area contributed by atoms with Gasteiger partial charge in [-0.15, -0.1) is 0 Å². The van der Waals surface area contributed by atoms with Gasteiger partial charge in [0.1, 0.15) is 0 Å². The minimum Gasteiger partial charge on any atom is -0.341 e. The zero-order valence-corrected chi connectivity index (χ0v) is 26.1. The fourth-order valence-electron chi connectivity index (χ4n) is 8.37. The van der Waals surface area contributed by atoms with Crippen molar-refractivity contribution in [3.05, 3.63) is 107 Å². The molecule has 0 radical (unpaired) electrons. The average molecular weight is 562 g/mol. The number of aryl methyl sites for hydroxylation is 1. The molecule has 2 aliphatic rings. The number of aromatic nitrogens is 1. The van der Waals surface area contributed by atoms with E-state index in [0.29, 0.717) is 11.8 Å². The van der Waals surface area contributed by atoms with Gasteiger partial charge < -0.3 is 4.57 Å². The van der Waals surface area contributed by atoms with E-state index in [2.05, 4.69) is 135 Å². The number of carbonyl (C=O) groups excluding carboxylic acids is 1. The molecule has 0 spiro atoms. The van der Waals surface area contributed by atoms with Crippen molar-refractivity contribution in [1.29, 1.82) is 0 Å². The molecule has 4 nitrogen and oxygen atoms in total. The highest BCUT2D eigenvalue weighted by atomic mass is 16.1. The largest absolute Gasteiger partial charge is 0.341 e. The first kappa shape index (κ1) is 28.9. The Morgan fingerprint density at radius 1 is 0.690 bits per heavy atom. The van der Waals surface area contributed by atoms with Gasteiger partial charge in [0.2, 0.25) is 0 Å². The summed E-state index contributed by atoms with van der Waals surface area (Å²) in [6.07, 6.45) is 8.40. The van der Waals surface area contributed by atoms with Crippen molar-refractivity contribution in [1.82, 2.24) is 14.4 Å². The van der Waals surface area contributed by atoms with Crippen molar-refractivity contribution in [2.24, 2.45) is 7.05 Å². The molecule has 0 saturated heterocycles. The quantitative estimate of drug-likeness (QED) is 0.213. The third-order valence-corrected chi connectivity index (χ3v) is 11.1. The lowest BCUT2D eigenvalue weighted by molar-refractivity contribution is 0.0534. The van der Waals surface area contributed by atoms with Crippen molar-refractivity contribution in [3.63, 3.8) is 0 Å². The van der Waals surface area contributed by atoms with Crippen LogP contribution in [0.15, 0.2) is 84.9 Å². The summed E-state index contributed by atoms with van der Waals surface area (Å²) in [6, 6.07) is 30.8. The van der Waals surface area contributed by atoms with Crippen LogP contribution in [-0.2, 0) is 12.6 Å². The first-order valence-corrected chi connectivity index (χ1v) is 15.9. The van der Waals surface area contributed by atoms with Gasteiger partial charge in [-0.3, -0.25) is 14.6 Å². The number of carbonyl (C=O) groups is 1. The molecule has 4 heteroatoms. The van der Waals surface area contributed by atoms with Gasteiger partial charge in [-0.2, -0.15) is 0 Å². The molecule has 220 valence electrons. The summed E-state index contributed by atoms with van der Waals surface area (Å²) in [5.74, 6) is 1.41. The van der Waals surface area contributed by atoms with E-state index in [0.717, 1.165) is 49.7 Å². The van der Waals surface area contributed by atoms with Crippen molar-refractivity contribution < 1.29 is 4.79 Å². The third kappa shape index (κ3) is 4.83. The molecular formula is C38H47N3O. The molecule has 3 aromatic carbocycles. The maximum absolute atomic E-state index is 14.6. The van der Waals surface area contributed by atoms with Crippen LogP contribution < -0.4 is 0 Å². The van der Waals surface area contributed by atoms with Crippen LogP contribution in [0.25, 0.3) is 10.9 Å². The summed E-state index contributed by atoms with van der Waals surface area (Å²) in [6.45, 7) is 0. The lowest BCUT2D eigenvalue weighted by atomic mass is 9.69. The zero-order valence-electron chi connectivity index (χ0n) is 26.1. The molecule has 0 N–H and O–H groups in total. The average Bonchev–Trinajstić information content (AvgIpc) is 3.37. The van der Waals surface area contributed by atoms with Gasteiger partial charge in [-0.1, -0.05) is 72.8 Å². The van der Waals surface area contributed by atoms with E-state index in [1.807, 2.05) is 0 Å². The first-order valence-electron chi connectivity index (χ1n) is 15.9. The maximum Gasteiger partial charge on any atom is 0.199 e. The number of nitrogens with zero attached hydrogens (tertiary/aromatic N) is 3. The molecule has 4 aromatic rings. The van der Waals surface area contributed by atoms with Crippen molar-refractivity contribution in [2.75, 3.05) is 28.2 Å². The van der Waals surface area contributed by atoms with Gasteiger partial charge in [-0.05, 0) is 120 Å². The van der Waals surface area contributed by atoms with Gasteiger partial charge in [-0.25, -0.2) is 0 Å². The van der Waals surface area contributed by atoms with E-state index in [1.165, 1.54) is 34.9 Å². The summed E-state index contributed by atoms with van der Waals surface area (Å²) in [4.78, 5) is 19.3. The summed E-state index contributed by atoms with van der Waals surface area (Å²) in [7, 11) is 10.8. The highest BCUT2D eigenvalue weighted by molar-refractivity contribution is 6.06. The molecule has 6 rings (SSSR count). The molecule has 0 aliphatic heterocycles. The highest BCUT2D eigenvalue weighted by Gasteiger charge is 2.46. The van der Waals surface area contributed by atoms with Crippen LogP contribution in [0.2, 0.25) is 0 Å². The minimum atomic E-state index is -0.472. The van der Waals surface area contributed by atoms with Crippen molar-refractivity contribution in [2.45, 2.75) is 74.3 Å². The Hall–Kier alpha value is -3.21. The van der Waals surface area contributed by atoms with Crippen LogP contribution in [0.3, 0.4) is 0 Å². The molecule has 2 saturated carbocycles. The minimum absolute atomic E-state index is 0.0422. The Morgan fingerprint density at radius 2 is 1.21 bits per heavy atom. The predicted octanol–water partition coefficient (Wildman–Crippen LogP) is 8.13. The molecular weight excluding hydrogens is 514 g/mol. The Bertz CT molecular complexity index is 1520. The van der Waals surface area contributed by atoms with E-state index in [-0.39, 0.29) is 11.3 Å². The fraction of sp³-hybridized carbons (Fsp3) is 0.447. The number of ketones is 1. The van der Waals surface area contributed by atoms with E-state index in [9.17, 15) is 4.79 Å². The van der Waals surface area contributed by atoms with Crippen LogP contribution in [0.1, 0.15) is 90.4 Å². The van der Waals surface area contributed by atoms with Gasteiger partial charge in [0.15, 0.2) is 5.78 Å². The summed E-state index contributed by atoms with van der Waals surface area (Å²) in [5.41, 5.74) is 5.73. The lowest BCUT2D eigenvalue weighted by Gasteiger charge is -2.46. The zero-order chi connectivity index (χ0) is 29.5. The van der Waals surface area contributed by atoms with Gasteiger partial charge >= 0.3 is 0 Å². The summed E-state index contributed by atoms with van der Waals surface area (Å²) in [5, 5.41) is 1.24. The Balaban J connectivity index is 1.33. The van der Waals surface area contributed by atoms with Gasteiger partial charge in [0, 0.05) is 23.5 Å². The molecule has 1 aromatic heterocycles. The molecule has 0 unspecified atom stereocenters. The van der Waals surface area contributed by atoms with Crippen LogP contribution in [0.4, 0.5) is 0 Å². The smallest absolute Gasteiger partial charge is 0.199 e. The standard InChI is InChI=1S/C38H47N3O/c1-39(2)37(23-19-30(20-24-37)28-13-8-6-9-14-28)33-17-12-18-34-32(33)27-35(41(34)5)36(42)38(40(3)4)25-21-31(22-26-38)29-15-10-7-11-16-29/h6-18,27,30-31H,19-26H2,1-5H3. The predicted molar refractivity (Wildman–Crippen MR) is 174 cm³/mol. The van der Waals surface area contributed by atoms with Crippen molar-refractivity contribution >= 4 is 16.7 Å². The monoisotopic (exact) mass is 561 g/mol. The molecule has 42 heavy (non-hydrogen) atoms. The number of Topliss-reactive ketones (excluding diaryl/α,β-unsaturated/α-hetero) is 1. The molecule has 2 fully saturated rings. The molecule has 0 amide bonds. The first-order chi connectivity index (χ1) is 20.3. The number of fused-ring (bicyclic) bond motifs is 1. The number of rotatable bonds is 7. The lowest BCUT2D eigenvalue weighted by Crippen LogP contribution is -2.53. The molecule has 2 aliphatic carbocycles. The number of hydrogen-bond acceptors (Lipinski definition) is 3. The topological polar surface area (TPSA) is 28.5 Å². The second-order valence-corrected chi connectivity index (χ2v) is 13.4. The fourth-order valence-corrected chi connectivity index (χ4v) is 8.37. The number of hydrogen-bond donors (Lipinski definition) is 0. The Kier molecular flexibility index (Phi) is 7.89. The SMILES string of the molecule is CN(C)C1(C(=O)c2cc3c(C4(N(C)C)CCC(c5ccccc5)CC4)cccc3n2C)CCC(c2ccccc2)CC1. The highest BCUT2D eigenvalue weighted by Crippen LogP contribution is 2.49.